The Morgan fingerprint density at radius 1 is 0.886 bits per heavy atom. The molecule has 0 atom stereocenters. The molecule has 1 aromatic heterocycles. The number of nitrogen functional groups attached to an aromatic ring is 1. The Kier molecular flexibility index (Phi) is 13.9. The Morgan fingerprint density at radius 3 is 2.25 bits per heavy atom. The van der Waals surface area contributed by atoms with Crippen LogP contribution in [0.3, 0.4) is 0 Å². The quantitative estimate of drug-likeness (QED) is 0.0862. The first-order chi connectivity index (χ1) is 19.5. The van der Waals surface area contributed by atoms with Crippen molar-refractivity contribution < 1.29 is 115 Å². The molecule has 0 bridgehead atoms. The minimum atomic E-state index is -1.31. The molecule has 3 aromatic carbocycles. The van der Waals surface area contributed by atoms with Gasteiger partial charge in [0.25, 0.3) is 0 Å². The van der Waals surface area contributed by atoms with Crippen LogP contribution in [0.2, 0.25) is 0 Å². The molecule has 0 amide bonds. The fourth-order valence-corrected chi connectivity index (χ4v) is 8.13. The van der Waals surface area contributed by atoms with Crippen molar-refractivity contribution in [3.05, 3.63) is 107 Å². The number of aryl methyl sites for hydroxylation is 1. The van der Waals surface area contributed by atoms with Gasteiger partial charge in [-0.15, -0.1) is 0 Å². The Morgan fingerprint density at radius 2 is 1.57 bits per heavy atom. The van der Waals surface area contributed by atoms with Gasteiger partial charge >= 0.3 is 258 Å². The fourth-order valence-electron chi connectivity index (χ4n) is 4.55. The van der Waals surface area contributed by atoms with Gasteiger partial charge in [-0.1, -0.05) is 0 Å². The van der Waals surface area contributed by atoms with Crippen LogP contribution < -0.4 is 89.2 Å². The van der Waals surface area contributed by atoms with Crippen LogP contribution in [-0.2, 0) is 26.1 Å². The number of nitrogens with two attached hydrogens (primary N) is 1. The molecule has 0 unspecified atom stereocenters. The molecule has 0 saturated heterocycles. The van der Waals surface area contributed by atoms with Crippen LogP contribution in [-0.4, -0.2) is 11.4 Å². The second-order valence-corrected chi connectivity index (χ2v) is 13.6. The van der Waals surface area contributed by atoms with Gasteiger partial charge in [-0.25, -0.2) is 4.79 Å². The van der Waals surface area contributed by atoms with E-state index in [1.165, 1.54) is 18.2 Å². The van der Waals surface area contributed by atoms with E-state index in [9.17, 15) is 24.6 Å². The smallest absolute Gasteiger partial charge is 1.00 e. The summed E-state index contributed by atoms with van der Waals surface area (Å²) in [5.74, 6) is -1.18. The first-order valence-corrected chi connectivity index (χ1v) is 16.3. The molecule has 14 heteroatoms. The van der Waals surface area contributed by atoms with Crippen molar-refractivity contribution in [2.45, 2.75) is 6.92 Å². The van der Waals surface area contributed by atoms with E-state index in [1.54, 1.807) is 42.5 Å². The van der Waals surface area contributed by atoms with Crippen molar-refractivity contribution in [2.75, 3.05) is 5.73 Å². The van der Waals surface area contributed by atoms with Gasteiger partial charge in [0.2, 0.25) is 0 Å². The Hall–Kier alpha value is -1.51. The molecule has 0 spiro atoms. The minimum absolute atomic E-state index is 0. The molecule has 0 saturated carbocycles. The van der Waals surface area contributed by atoms with Crippen LogP contribution in [0.15, 0.2) is 94.1 Å². The molecule has 2 aliphatic rings. The molecular weight excluding hydrogens is 909 g/mol. The predicted molar refractivity (Wildman–Crippen MR) is 159 cm³/mol. The summed E-state index contributed by atoms with van der Waals surface area (Å²) in [7, 11) is 0. The number of hydrogen-bond donors (Lipinski definition) is 1. The van der Waals surface area contributed by atoms with Crippen molar-refractivity contribution in [3.8, 4) is 28.2 Å². The maximum absolute atomic E-state index is 12.4. The second kappa shape index (κ2) is 15.9. The van der Waals surface area contributed by atoms with Gasteiger partial charge in [-0.2, -0.15) is 0 Å². The summed E-state index contributed by atoms with van der Waals surface area (Å²) in [4.78, 5) is 34.9. The molecule has 2 heterocycles. The summed E-state index contributed by atoms with van der Waals surface area (Å²) < 4.78 is 12.2. The molecule has 4 aromatic rings. The number of carboxylic acid groups (broad SMARTS) is 1. The summed E-state index contributed by atoms with van der Waals surface area (Å²) >= 11 is 6.47. The van der Waals surface area contributed by atoms with Crippen LogP contribution in [0.4, 0.5) is 5.69 Å². The second-order valence-electron chi connectivity index (χ2n) is 9.14. The third kappa shape index (κ3) is 7.71. The number of rotatable bonds is 2. The Balaban J connectivity index is 0.000000358. The summed E-state index contributed by atoms with van der Waals surface area (Å²) in [6.45, 7) is 1.87. The average Bonchev–Trinajstić information content (AvgIpc) is 2.92. The van der Waals surface area contributed by atoms with Gasteiger partial charge in [0.1, 0.15) is 5.58 Å². The van der Waals surface area contributed by atoms with Crippen LogP contribution in [0.1, 0.15) is 15.9 Å². The molecule has 1 aliphatic heterocycles. The van der Waals surface area contributed by atoms with Crippen molar-refractivity contribution >= 4 is 68.5 Å². The summed E-state index contributed by atoms with van der Waals surface area (Å²) in [5.41, 5.74) is 8.97. The average molecular weight is 927 g/mol. The van der Waals surface area contributed by atoms with E-state index in [-0.39, 0.29) is 119 Å². The molecule has 209 valence electrons. The predicted octanol–water partition coefficient (Wildman–Crippen LogP) is -2.43. The van der Waals surface area contributed by atoms with Gasteiger partial charge < -0.3 is 15.6 Å². The van der Waals surface area contributed by atoms with E-state index in [4.69, 9.17) is 14.6 Å². The zero-order chi connectivity index (χ0) is 29.6. The van der Waals surface area contributed by atoms with Crippen molar-refractivity contribution in [3.63, 3.8) is 0 Å². The van der Waals surface area contributed by atoms with E-state index in [1.807, 2.05) is 13.0 Å². The van der Waals surface area contributed by atoms with Gasteiger partial charge in [0.05, 0.1) is 0 Å². The molecular formula is C30H18Br2HgNNa2O8. The zero-order valence-corrected chi connectivity index (χ0v) is 36.4. The van der Waals surface area contributed by atoms with E-state index in [2.05, 4.69) is 31.9 Å². The van der Waals surface area contributed by atoms with E-state index in [0.29, 0.717) is 50.9 Å². The topological polar surface area (TPSA) is 181 Å². The maximum atomic E-state index is 12.4. The number of carbonyl (C=O) groups is 1. The molecule has 9 nitrogen and oxygen atoms in total. The van der Waals surface area contributed by atoms with E-state index in [0.717, 1.165) is 10.9 Å². The van der Waals surface area contributed by atoms with Gasteiger partial charge in [-0.3, -0.25) is 0 Å². The molecule has 1 aliphatic carbocycles. The third-order valence-corrected chi connectivity index (χ3v) is 10.2. The monoisotopic (exact) mass is 926 g/mol. The van der Waals surface area contributed by atoms with Crippen LogP contribution >= 0.6 is 31.9 Å². The first-order valence-electron chi connectivity index (χ1n) is 12.0. The number of anilines is 1. The summed E-state index contributed by atoms with van der Waals surface area (Å²) in [5, 5.41) is 25.7. The maximum Gasteiger partial charge on any atom is 1.00 e. The van der Waals surface area contributed by atoms with Crippen molar-refractivity contribution in [1.82, 2.24) is 0 Å². The molecule has 0 fully saturated rings. The van der Waals surface area contributed by atoms with Gasteiger partial charge in [-0.05, 0) is 24.6 Å². The van der Waals surface area contributed by atoms with E-state index < -0.39 is 5.97 Å². The van der Waals surface area contributed by atoms with Crippen LogP contribution in [0, 0.1) is 6.92 Å². The van der Waals surface area contributed by atoms with E-state index >= 15 is 0 Å². The number of halogens is 2. The molecule has 44 heavy (non-hydrogen) atoms. The Bertz CT molecular complexity index is 2120. The minimum Gasteiger partial charge on any atom is 1.00 e. The Labute approximate surface area is 327 Å². The SMILES string of the molecule is Cc1cc(=O)oc2cc(N)ccc12.O.O=C([O-])c1ccccc1-c1c2cc(Br)c(=O)cc-2oc2[c]([Hg])c([O-])c(Br)cc12.[Na+].[Na+]. The molecule has 0 radical (unpaired) electrons. The summed E-state index contributed by atoms with van der Waals surface area (Å²) in [6, 6.07) is 17.8. The molecule has 6 rings (SSSR count). The molecule has 4 N–H and O–H groups in total. The number of carboxylic acids is 1. The normalized spacial score (nSPS) is 10.3. The number of hydrogen-bond acceptors (Lipinski definition) is 8. The van der Waals surface area contributed by atoms with Crippen molar-refractivity contribution in [2.24, 2.45) is 0 Å². The first kappa shape index (κ1) is 38.7. The zero-order valence-electron chi connectivity index (χ0n) is 23.7. The fraction of sp³-hybridized carbons (Fsp3) is 0.0333. The van der Waals surface area contributed by atoms with Crippen LogP contribution in [0.25, 0.3) is 44.4 Å². The third-order valence-electron chi connectivity index (χ3n) is 6.46. The van der Waals surface area contributed by atoms with Crippen molar-refractivity contribution in [1.29, 1.82) is 0 Å². The van der Waals surface area contributed by atoms with Gasteiger partial charge in [0, 0.05) is 23.2 Å². The number of carbonyl (C=O) groups excluding carboxylic acids is 1. The number of aromatic carboxylic acids is 1. The number of fused-ring (bicyclic) bond motifs is 3. The van der Waals surface area contributed by atoms with Crippen LogP contribution in [0.5, 0.6) is 5.75 Å². The standard InChI is InChI=1S/C20H9Br2O5.C10H9NO2.Hg.2Na.H2O/c21-13-5-11-17(7-15(13)23)27-18-8-16(24)14(22)6-12(18)19(11)9-3-1-2-4-10(9)20(25)26;1-6-4-10(12)13-9-5-7(11)2-3-8(6)9;;;;/h1-7,24H,(H,25,26);2-5H,11H2,1H3;;;;1H2/q;;;2*+1;/p-2. The van der Waals surface area contributed by atoms with Gasteiger partial charge in [0.15, 0.2) is 0 Å². The summed E-state index contributed by atoms with van der Waals surface area (Å²) in [6.07, 6.45) is 0. The number of benzene rings is 4. The largest absolute Gasteiger partial charge is 1.00 e.